The van der Waals surface area contributed by atoms with Crippen LogP contribution in [0.2, 0.25) is 5.02 Å². The molecule has 0 unspecified atom stereocenters. The SMILES string of the molecule is COc1ccc(/C=C2\SC(=O)NC2=O)cc1OCc1ccccc1Cl. The molecule has 0 aromatic heterocycles. The number of hydrogen-bond donors (Lipinski definition) is 1. The van der Waals surface area contributed by atoms with Gasteiger partial charge >= 0.3 is 0 Å². The monoisotopic (exact) mass is 375 g/mol. The first kappa shape index (κ1) is 17.4. The Hall–Kier alpha value is -2.44. The van der Waals surface area contributed by atoms with Gasteiger partial charge in [-0.2, -0.15) is 0 Å². The van der Waals surface area contributed by atoms with Crippen molar-refractivity contribution in [3.63, 3.8) is 0 Å². The number of benzene rings is 2. The van der Waals surface area contributed by atoms with Crippen LogP contribution in [-0.2, 0) is 11.4 Å². The van der Waals surface area contributed by atoms with Gasteiger partial charge in [0.15, 0.2) is 11.5 Å². The van der Waals surface area contributed by atoms with Gasteiger partial charge in [-0.1, -0.05) is 35.9 Å². The second-order valence-corrected chi connectivity index (χ2v) is 6.56. The van der Waals surface area contributed by atoms with Gasteiger partial charge in [-0.05, 0) is 41.6 Å². The molecular formula is C18H14ClNO4S. The normalized spacial score (nSPS) is 15.4. The molecule has 1 aliphatic heterocycles. The lowest BCUT2D eigenvalue weighted by Crippen LogP contribution is -2.17. The van der Waals surface area contributed by atoms with Crippen molar-refractivity contribution >= 4 is 40.6 Å². The average molecular weight is 376 g/mol. The molecule has 25 heavy (non-hydrogen) atoms. The van der Waals surface area contributed by atoms with Crippen LogP contribution < -0.4 is 14.8 Å². The zero-order valence-electron chi connectivity index (χ0n) is 13.2. The van der Waals surface area contributed by atoms with E-state index < -0.39 is 5.91 Å². The maximum Gasteiger partial charge on any atom is 0.290 e. The number of ether oxygens (including phenoxy) is 2. The van der Waals surface area contributed by atoms with E-state index in [2.05, 4.69) is 5.32 Å². The van der Waals surface area contributed by atoms with Gasteiger partial charge < -0.3 is 9.47 Å². The molecule has 0 atom stereocenters. The predicted molar refractivity (Wildman–Crippen MR) is 97.9 cm³/mol. The molecule has 3 rings (SSSR count). The molecule has 2 amide bonds. The minimum Gasteiger partial charge on any atom is -0.493 e. The Balaban J connectivity index is 1.83. The van der Waals surface area contributed by atoms with Crippen molar-refractivity contribution in [3.05, 3.63) is 63.5 Å². The van der Waals surface area contributed by atoms with E-state index >= 15 is 0 Å². The highest BCUT2D eigenvalue weighted by molar-refractivity contribution is 8.18. The molecule has 1 fully saturated rings. The second-order valence-electron chi connectivity index (χ2n) is 5.14. The molecular weight excluding hydrogens is 362 g/mol. The number of amides is 2. The third-order valence-corrected chi connectivity index (χ3v) is 4.65. The highest BCUT2D eigenvalue weighted by atomic mass is 35.5. The molecule has 1 saturated heterocycles. The topological polar surface area (TPSA) is 64.6 Å². The third kappa shape index (κ3) is 4.15. The fourth-order valence-electron chi connectivity index (χ4n) is 2.24. The number of carbonyl (C=O) groups is 2. The van der Waals surface area contributed by atoms with Crippen LogP contribution in [0.15, 0.2) is 47.4 Å². The van der Waals surface area contributed by atoms with Crippen molar-refractivity contribution in [2.24, 2.45) is 0 Å². The molecule has 0 spiro atoms. The van der Waals surface area contributed by atoms with Crippen LogP contribution in [0.25, 0.3) is 6.08 Å². The Labute approximate surface area is 154 Å². The number of halogens is 1. The maximum absolute atomic E-state index is 11.7. The number of methoxy groups -OCH3 is 1. The summed E-state index contributed by atoms with van der Waals surface area (Å²) in [6, 6.07) is 12.7. The van der Waals surface area contributed by atoms with Gasteiger partial charge in [0.1, 0.15) is 6.61 Å². The molecule has 0 saturated carbocycles. The second kappa shape index (κ2) is 7.63. The number of nitrogens with one attached hydrogen (secondary N) is 1. The van der Waals surface area contributed by atoms with Crippen molar-refractivity contribution in [2.45, 2.75) is 6.61 Å². The van der Waals surface area contributed by atoms with Crippen LogP contribution >= 0.6 is 23.4 Å². The largest absolute Gasteiger partial charge is 0.493 e. The van der Waals surface area contributed by atoms with Crippen LogP contribution in [0.5, 0.6) is 11.5 Å². The smallest absolute Gasteiger partial charge is 0.290 e. The van der Waals surface area contributed by atoms with Crippen molar-refractivity contribution < 1.29 is 19.1 Å². The summed E-state index contributed by atoms with van der Waals surface area (Å²) in [7, 11) is 1.55. The van der Waals surface area contributed by atoms with E-state index in [0.29, 0.717) is 21.4 Å². The van der Waals surface area contributed by atoms with Gasteiger partial charge in [0.2, 0.25) is 0 Å². The lowest BCUT2D eigenvalue weighted by Gasteiger charge is -2.12. The Morgan fingerprint density at radius 1 is 1.16 bits per heavy atom. The highest BCUT2D eigenvalue weighted by Gasteiger charge is 2.25. The number of thioether (sulfide) groups is 1. The highest BCUT2D eigenvalue weighted by Crippen LogP contribution is 2.32. The van der Waals surface area contributed by atoms with Crippen LogP contribution in [0.4, 0.5) is 4.79 Å². The average Bonchev–Trinajstić information content (AvgIpc) is 2.91. The standard InChI is InChI=1S/C18H14ClNO4S/c1-23-14-7-6-11(9-16-17(21)20-18(22)25-16)8-15(14)24-10-12-4-2-3-5-13(12)19/h2-9H,10H2,1H3,(H,20,21,22)/b16-9-. The number of rotatable bonds is 5. The Kier molecular flexibility index (Phi) is 5.31. The quantitative estimate of drug-likeness (QED) is 0.791. The van der Waals surface area contributed by atoms with Gasteiger partial charge in [-0.25, -0.2) is 0 Å². The van der Waals surface area contributed by atoms with Gasteiger partial charge in [-0.15, -0.1) is 0 Å². The van der Waals surface area contributed by atoms with E-state index in [0.717, 1.165) is 22.9 Å². The van der Waals surface area contributed by atoms with Crippen molar-refractivity contribution in [2.75, 3.05) is 7.11 Å². The predicted octanol–water partition coefficient (Wildman–Crippen LogP) is 4.25. The summed E-state index contributed by atoms with van der Waals surface area (Å²) in [6.45, 7) is 0.282. The molecule has 128 valence electrons. The van der Waals surface area contributed by atoms with Crippen molar-refractivity contribution in [1.29, 1.82) is 0 Å². The number of carbonyl (C=O) groups excluding carboxylic acids is 2. The van der Waals surface area contributed by atoms with E-state index in [4.69, 9.17) is 21.1 Å². The van der Waals surface area contributed by atoms with Gasteiger partial charge in [-0.3, -0.25) is 14.9 Å². The molecule has 5 nitrogen and oxygen atoms in total. The van der Waals surface area contributed by atoms with E-state index in [-0.39, 0.29) is 11.8 Å². The summed E-state index contributed by atoms with van der Waals surface area (Å²) < 4.78 is 11.1. The molecule has 1 aliphatic rings. The molecule has 0 radical (unpaired) electrons. The molecule has 0 bridgehead atoms. The minimum absolute atomic E-state index is 0.282. The summed E-state index contributed by atoms with van der Waals surface area (Å²) in [5.41, 5.74) is 1.58. The summed E-state index contributed by atoms with van der Waals surface area (Å²) in [4.78, 5) is 23.2. The van der Waals surface area contributed by atoms with E-state index in [9.17, 15) is 9.59 Å². The first-order valence-corrected chi connectivity index (χ1v) is 8.55. The Bertz CT molecular complexity index is 866. The summed E-state index contributed by atoms with van der Waals surface area (Å²) in [5, 5.41) is 2.47. The van der Waals surface area contributed by atoms with Crippen molar-refractivity contribution in [1.82, 2.24) is 5.32 Å². The molecule has 2 aromatic rings. The van der Waals surface area contributed by atoms with Gasteiger partial charge in [0.05, 0.1) is 12.0 Å². The van der Waals surface area contributed by atoms with Crippen LogP contribution in [0, 0.1) is 0 Å². The number of hydrogen-bond acceptors (Lipinski definition) is 5. The summed E-state index contributed by atoms with van der Waals surface area (Å²) in [5.74, 6) is 0.685. The van der Waals surface area contributed by atoms with E-state index in [1.807, 2.05) is 18.2 Å². The summed E-state index contributed by atoms with van der Waals surface area (Å²) >= 11 is 7.01. The van der Waals surface area contributed by atoms with Crippen LogP contribution in [0.3, 0.4) is 0 Å². The van der Waals surface area contributed by atoms with Crippen LogP contribution in [-0.4, -0.2) is 18.3 Å². The van der Waals surface area contributed by atoms with E-state index in [1.54, 1.807) is 37.5 Å². The molecule has 0 aliphatic carbocycles. The zero-order valence-corrected chi connectivity index (χ0v) is 14.8. The summed E-state index contributed by atoms with van der Waals surface area (Å²) in [6.07, 6.45) is 1.63. The fraction of sp³-hybridized carbons (Fsp3) is 0.111. The Morgan fingerprint density at radius 2 is 1.96 bits per heavy atom. The van der Waals surface area contributed by atoms with Crippen LogP contribution in [0.1, 0.15) is 11.1 Å². The zero-order chi connectivity index (χ0) is 17.8. The Morgan fingerprint density at radius 3 is 2.64 bits per heavy atom. The van der Waals surface area contributed by atoms with E-state index in [1.165, 1.54) is 0 Å². The first-order valence-electron chi connectivity index (χ1n) is 7.36. The lowest BCUT2D eigenvalue weighted by molar-refractivity contribution is -0.115. The first-order chi connectivity index (χ1) is 12.1. The minimum atomic E-state index is -0.399. The number of imide groups is 1. The lowest BCUT2D eigenvalue weighted by atomic mass is 10.2. The molecule has 7 heteroatoms. The maximum atomic E-state index is 11.7. The van der Waals surface area contributed by atoms with Crippen molar-refractivity contribution in [3.8, 4) is 11.5 Å². The third-order valence-electron chi connectivity index (χ3n) is 3.47. The van der Waals surface area contributed by atoms with Gasteiger partial charge in [0.25, 0.3) is 11.1 Å². The molecule has 1 N–H and O–H groups in total. The fourth-order valence-corrected chi connectivity index (χ4v) is 3.11. The van der Waals surface area contributed by atoms with Gasteiger partial charge in [0, 0.05) is 10.6 Å². The molecule has 1 heterocycles. The molecule has 2 aromatic carbocycles.